The van der Waals surface area contributed by atoms with E-state index in [0.717, 1.165) is 28.8 Å². The van der Waals surface area contributed by atoms with Gasteiger partial charge in [-0.3, -0.25) is 9.48 Å². The van der Waals surface area contributed by atoms with Crippen molar-refractivity contribution < 1.29 is 9.53 Å². The Morgan fingerprint density at radius 2 is 1.68 bits per heavy atom. The molecule has 1 heterocycles. The zero-order valence-electron chi connectivity index (χ0n) is 17.5. The maximum Gasteiger partial charge on any atom is 0.251 e. The number of rotatable bonds is 8. The van der Waals surface area contributed by atoms with Crippen LogP contribution in [0.4, 0.5) is 0 Å². The fraction of sp³-hybridized carbons (Fsp3) is 0.154. The Labute approximate surface area is 182 Å². The predicted molar refractivity (Wildman–Crippen MR) is 122 cm³/mol. The van der Waals surface area contributed by atoms with Gasteiger partial charge in [0.2, 0.25) is 0 Å². The minimum absolute atomic E-state index is 0.1000. The number of carbonyl (C=O) groups excluding carboxylic acids is 1. The topological polar surface area (TPSA) is 56.1 Å². The van der Waals surface area contributed by atoms with E-state index in [1.165, 1.54) is 5.56 Å². The highest BCUT2D eigenvalue weighted by atomic mass is 16.5. The molecule has 4 rings (SSSR count). The van der Waals surface area contributed by atoms with Crippen molar-refractivity contribution in [2.75, 3.05) is 7.11 Å². The maximum atomic E-state index is 12.8. The Hall–Kier alpha value is -3.70. The lowest BCUT2D eigenvalue weighted by Crippen LogP contribution is -2.24. The minimum Gasteiger partial charge on any atom is -0.380 e. The molecule has 0 fully saturated rings. The molecule has 0 unspecified atom stereocenters. The molecule has 1 aromatic heterocycles. The molecule has 0 saturated carbocycles. The number of aromatic nitrogens is 2. The zero-order chi connectivity index (χ0) is 21.5. The van der Waals surface area contributed by atoms with Crippen molar-refractivity contribution in [1.82, 2.24) is 15.1 Å². The SMILES string of the molecule is COCc1ccccc1C(=O)NCc1ccccc1-c1ccc(Cn2cccn2)cc1. The number of hydrogen-bond donors (Lipinski definition) is 1. The molecule has 5 heteroatoms. The number of nitrogens with one attached hydrogen (secondary N) is 1. The summed E-state index contributed by atoms with van der Waals surface area (Å²) in [5.74, 6) is -0.1000. The average molecular weight is 412 g/mol. The van der Waals surface area contributed by atoms with E-state index in [4.69, 9.17) is 4.74 Å². The lowest BCUT2D eigenvalue weighted by molar-refractivity contribution is 0.0946. The Kier molecular flexibility index (Phi) is 6.55. The van der Waals surface area contributed by atoms with Gasteiger partial charge in [0.1, 0.15) is 0 Å². The first-order valence-corrected chi connectivity index (χ1v) is 10.2. The van der Waals surface area contributed by atoms with Gasteiger partial charge in [-0.2, -0.15) is 5.10 Å². The van der Waals surface area contributed by atoms with Crippen LogP contribution in [0.25, 0.3) is 11.1 Å². The normalized spacial score (nSPS) is 10.7. The van der Waals surface area contributed by atoms with Crippen molar-refractivity contribution in [2.45, 2.75) is 19.7 Å². The standard InChI is InChI=1S/C26H25N3O2/c1-31-19-23-8-3-5-10-25(23)26(30)27-17-22-7-2-4-9-24(22)21-13-11-20(12-14-21)18-29-16-6-15-28-29/h2-16H,17-19H2,1H3,(H,27,30). The lowest BCUT2D eigenvalue weighted by Gasteiger charge is -2.13. The van der Waals surface area contributed by atoms with Gasteiger partial charge in [0, 0.05) is 31.6 Å². The van der Waals surface area contributed by atoms with Crippen molar-refractivity contribution in [3.05, 3.63) is 114 Å². The number of methoxy groups -OCH3 is 1. The van der Waals surface area contributed by atoms with Crippen LogP contribution in [0.1, 0.15) is 27.0 Å². The summed E-state index contributed by atoms with van der Waals surface area (Å²) in [7, 11) is 1.63. The molecule has 0 bridgehead atoms. The predicted octanol–water partition coefficient (Wildman–Crippen LogP) is 4.67. The highest BCUT2D eigenvalue weighted by Gasteiger charge is 2.12. The Bertz CT molecular complexity index is 1140. The van der Waals surface area contributed by atoms with Crippen LogP contribution in [0.3, 0.4) is 0 Å². The van der Waals surface area contributed by atoms with Crippen molar-refractivity contribution in [3.8, 4) is 11.1 Å². The summed E-state index contributed by atoms with van der Waals surface area (Å²) in [5.41, 5.74) is 6.01. The molecule has 31 heavy (non-hydrogen) atoms. The fourth-order valence-corrected chi connectivity index (χ4v) is 3.62. The van der Waals surface area contributed by atoms with Gasteiger partial charge in [0.15, 0.2) is 0 Å². The zero-order valence-corrected chi connectivity index (χ0v) is 17.5. The molecular formula is C26H25N3O2. The molecule has 0 aliphatic carbocycles. The third kappa shape index (κ3) is 5.08. The largest absolute Gasteiger partial charge is 0.380 e. The van der Waals surface area contributed by atoms with Crippen LogP contribution in [-0.4, -0.2) is 22.8 Å². The van der Waals surface area contributed by atoms with Gasteiger partial charge in [-0.1, -0.05) is 66.7 Å². The first-order valence-electron chi connectivity index (χ1n) is 10.2. The molecule has 0 radical (unpaired) electrons. The second kappa shape index (κ2) is 9.87. The summed E-state index contributed by atoms with van der Waals surface area (Å²) in [6, 6.07) is 26.1. The maximum absolute atomic E-state index is 12.8. The van der Waals surface area contributed by atoms with Crippen LogP contribution in [0.5, 0.6) is 0 Å². The summed E-state index contributed by atoms with van der Waals surface area (Å²) in [4.78, 5) is 12.8. The Morgan fingerprint density at radius 3 is 2.42 bits per heavy atom. The minimum atomic E-state index is -0.1000. The molecule has 0 aliphatic heterocycles. The molecule has 1 N–H and O–H groups in total. The first-order chi connectivity index (χ1) is 15.2. The van der Waals surface area contributed by atoms with E-state index >= 15 is 0 Å². The third-order valence-electron chi connectivity index (χ3n) is 5.19. The van der Waals surface area contributed by atoms with E-state index in [2.05, 4.69) is 40.7 Å². The van der Waals surface area contributed by atoms with E-state index in [-0.39, 0.29) is 5.91 Å². The van der Waals surface area contributed by atoms with Crippen LogP contribution < -0.4 is 5.32 Å². The number of carbonyl (C=O) groups is 1. The average Bonchev–Trinajstić information content (AvgIpc) is 3.32. The second-order valence-corrected chi connectivity index (χ2v) is 7.33. The monoisotopic (exact) mass is 411 g/mol. The van der Waals surface area contributed by atoms with E-state index in [0.29, 0.717) is 18.7 Å². The van der Waals surface area contributed by atoms with Gasteiger partial charge < -0.3 is 10.1 Å². The fourth-order valence-electron chi connectivity index (χ4n) is 3.62. The number of ether oxygens (including phenoxy) is 1. The van der Waals surface area contributed by atoms with Crippen LogP contribution in [0, 0.1) is 0 Å². The molecule has 3 aromatic carbocycles. The quantitative estimate of drug-likeness (QED) is 0.458. The molecule has 0 aliphatic rings. The lowest BCUT2D eigenvalue weighted by atomic mass is 9.98. The first kappa shape index (κ1) is 20.6. The summed E-state index contributed by atoms with van der Waals surface area (Å²) < 4.78 is 7.12. The summed E-state index contributed by atoms with van der Waals surface area (Å²) in [6.45, 7) is 1.60. The molecule has 4 aromatic rings. The van der Waals surface area contributed by atoms with Gasteiger partial charge in [0.05, 0.1) is 13.2 Å². The molecule has 1 amide bonds. The van der Waals surface area contributed by atoms with Crippen molar-refractivity contribution in [3.63, 3.8) is 0 Å². The summed E-state index contributed by atoms with van der Waals surface area (Å²) >= 11 is 0. The van der Waals surface area contributed by atoms with E-state index < -0.39 is 0 Å². The van der Waals surface area contributed by atoms with Crippen LogP contribution in [0.15, 0.2) is 91.3 Å². The van der Waals surface area contributed by atoms with Crippen LogP contribution in [0.2, 0.25) is 0 Å². The van der Waals surface area contributed by atoms with Gasteiger partial charge in [0.25, 0.3) is 5.91 Å². The molecule has 0 saturated heterocycles. The second-order valence-electron chi connectivity index (χ2n) is 7.33. The Balaban J connectivity index is 1.48. The molecule has 0 spiro atoms. The van der Waals surface area contributed by atoms with E-state index in [9.17, 15) is 4.79 Å². The summed E-state index contributed by atoms with van der Waals surface area (Å²) in [6.07, 6.45) is 3.74. The number of amides is 1. The van der Waals surface area contributed by atoms with Gasteiger partial charge in [-0.15, -0.1) is 0 Å². The van der Waals surface area contributed by atoms with E-state index in [1.54, 1.807) is 13.3 Å². The number of benzene rings is 3. The van der Waals surface area contributed by atoms with Gasteiger partial charge in [-0.25, -0.2) is 0 Å². The third-order valence-corrected chi connectivity index (χ3v) is 5.19. The summed E-state index contributed by atoms with van der Waals surface area (Å²) in [5, 5.41) is 7.32. The highest BCUT2D eigenvalue weighted by molar-refractivity contribution is 5.95. The molecular weight excluding hydrogens is 386 g/mol. The van der Waals surface area contributed by atoms with Crippen molar-refractivity contribution >= 4 is 5.91 Å². The Morgan fingerprint density at radius 1 is 0.935 bits per heavy atom. The van der Waals surface area contributed by atoms with Crippen LogP contribution >= 0.6 is 0 Å². The van der Waals surface area contributed by atoms with Gasteiger partial charge in [-0.05, 0) is 39.9 Å². The van der Waals surface area contributed by atoms with Crippen molar-refractivity contribution in [2.24, 2.45) is 0 Å². The smallest absolute Gasteiger partial charge is 0.251 e. The van der Waals surface area contributed by atoms with Gasteiger partial charge >= 0.3 is 0 Å². The van der Waals surface area contributed by atoms with Crippen molar-refractivity contribution in [1.29, 1.82) is 0 Å². The molecule has 5 nitrogen and oxygen atoms in total. The highest BCUT2D eigenvalue weighted by Crippen LogP contribution is 2.24. The number of hydrogen-bond acceptors (Lipinski definition) is 3. The molecule has 0 atom stereocenters. The number of nitrogens with zero attached hydrogens (tertiary/aromatic N) is 2. The van der Waals surface area contributed by atoms with E-state index in [1.807, 2.05) is 59.4 Å². The van der Waals surface area contributed by atoms with Crippen LogP contribution in [-0.2, 0) is 24.4 Å². The molecule has 156 valence electrons.